The van der Waals surface area contributed by atoms with Gasteiger partial charge in [-0.25, -0.2) is 0 Å². The fraction of sp³-hybridized carbons (Fsp3) is 0.0769. The number of nitrogens with zero attached hydrogens (tertiary/aromatic N) is 2. The Morgan fingerprint density at radius 2 is 2.00 bits per heavy atom. The molecule has 0 aliphatic rings. The van der Waals surface area contributed by atoms with Gasteiger partial charge in [-0.3, -0.25) is 0 Å². The standard InChI is InChI=1S/C13H10N2O2/c16-8-12-6-11-5-9(1-2-13(11)17-12)10-3-4-14-15-7-10/h1-7,16H,8H2. The summed E-state index contributed by atoms with van der Waals surface area (Å²) < 4.78 is 5.43. The summed E-state index contributed by atoms with van der Waals surface area (Å²) in [6.07, 6.45) is 3.38. The number of aliphatic hydroxyl groups is 1. The predicted molar refractivity (Wildman–Crippen MR) is 63.2 cm³/mol. The zero-order chi connectivity index (χ0) is 11.7. The van der Waals surface area contributed by atoms with Gasteiger partial charge in [0, 0.05) is 10.9 Å². The van der Waals surface area contributed by atoms with Crippen LogP contribution in [0.5, 0.6) is 0 Å². The summed E-state index contributed by atoms with van der Waals surface area (Å²) in [5.41, 5.74) is 2.84. The molecule has 2 heterocycles. The van der Waals surface area contributed by atoms with Gasteiger partial charge in [0.25, 0.3) is 0 Å². The van der Waals surface area contributed by atoms with Crippen LogP contribution in [0.2, 0.25) is 0 Å². The molecule has 2 aromatic heterocycles. The lowest BCUT2D eigenvalue weighted by molar-refractivity contribution is 0.251. The van der Waals surface area contributed by atoms with E-state index in [4.69, 9.17) is 9.52 Å². The molecular formula is C13H10N2O2. The Hall–Kier alpha value is -2.20. The molecule has 3 aromatic rings. The molecule has 0 aliphatic carbocycles. The number of aromatic nitrogens is 2. The lowest BCUT2D eigenvalue weighted by Gasteiger charge is -1.99. The molecule has 0 radical (unpaired) electrons. The van der Waals surface area contributed by atoms with E-state index in [1.165, 1.54) is 0 Å². The number of furan rings is 1. The highest BCUT2D eigenvalue weighted by Crippen LogP contribution is 2.25. The number of aliphatic hydroxyl groups excluding tert-OH is 1. The predicted octanol–water partition coefficient (Wildman–Crippen LogP) is 2.38. The molecule has 0 fully saturated rings. The molecule has 0 bridgehead atoms. The van der Waals surface area contributed by atoms with Gasteiger partial charge in [-0.2, -0.15) is 10.2 Å². The minimum absolute atomic E-state index is 0.0825. The molecule has 1 aromatic carbocycles. The maximum Gasteiger partial charge on any atom is 0.134 e. The van der Waals surface area contributed by atoms with E-state index in [1.807, 2.05) is 30.3 Å². The first kappa shape index (κ1) is 9.99. The van der Waals surface area contributed by atoms with Crippen LogP contribution in [0.1, 0.15) is 5.76 Å². The van der Waals surface area contributed by atoms with Crippen molar-refractivity contribution >= 4 is 11.0 Å². The fourth-order valence-corrected chi connectivity index (χ4v) is 1.82. The van der Waals surface area contributed by atoms with Crippen LogP contribution in [0.25, 0.3) is 22.1 Å². The van der Waals surface area contributed by atoms with E-state index in [0.29, 0.717) is 5.76 Å². The third kappa shape index (κ3) is 1.79. The number of rotatable bonds is 2. The van der Waals surface area contributed by atoms with Gasteiger partial charge in [-0.15, -0.1) is 0 Å². The number of hydrogen-bond donors (Lipinski definition) is 1. The lowest BCUT2D eigenvalue weighted by atomic mass is 10.1. The van der Waals surface area contributed by atoms with Crippen LogP contribution >= 0.6 is 0 Å². The van der Waals surface area contributed by atoms with Crippen LogP contribution in [0.15, 0.2) is 47.1 Å². The third-order valence-electron chi connectivity index (χ3n) is 2.64. The van der Waals surface area contributed by atoms with Crippen LogP contribution in [0, 0.1) is 0 Å². The Bertz CT molecular complexity index is 647. The number of hydrogen-bond acceptors (Lipinski definition) is 4. The van der Waals surface area contributed by atoms with Crippen molar-refractivity contribution < 1.29 is 9.52 Å². The average molecular weight is 226 g/mol. The highest BCUT2D eigenvalue weighted by atomic mass is 16.4. The van der Waals surface area contributed by atoms with Crippen LogP contribution in [-0.4, -0.2) is 15.3 Å². The van der Waals surface area contributed by atoms with Gasteiger partial charge in [-0.1, -0.05) is 6.07 Å². The summed E-state index contributed by atoms with van der Waals surface area (Å²) in [5.74, 6) is 0.574. The lowest BCUT2D eigenvalue weighted by Crippen LogP contribution is -1.81. The van der Waals surface area contributed by atoms with E-state index in [2.05, 4.69) is 10.2 Å². The van der Waals surface area contributed by atoms with E-state index >= 15 is 0 Å². The minimum Gasteiger partial charge on any atom is -0.459 e. The van der Waals surface area contributed by atoms with Crippen molar-refractivity contribution in [1.82, 2.24) is 10.2 Å². The first-order valence-electron chi connectivity index (χ1n) is 5.27. The molecule has 84 valence electrons. The van der Waals surface area contributed by atoms with Crippen LogP contribution < -0.4 is 0 Å². The Morgan fingerprint density at radius 1 is 1.06 bits per heavy atom. The molecule has 1 N–H and O–H groups in total. The van der Waals surface area contributed by atoms with Crippen molar-refractivity contribution in [3.8, 4) is 11.1 Å². The molecule has 4 nitrogen and oxygen atoms in total. The van der Waals surface area contributed by atoms with Crippen molar-refractivity contribution in [3.63, 3.8) is 0 Å². The van der Waals surface area contributed by atoms with E-state index in [-0.39, 0.29) is 6.61 Å². The number of benzene rings is 1. The minimum atomic E-state index is -0.0825. The molecule has 4 heteroatoms. The molecule has 3 rings (SSSR count). The summed E-state index contributed by atoms with van der Waals surface area (Å²) >= 11 is 0. The molecule has 0 unspecified atom stereocenters. The van der Waals surface area contributed by atoms with Crippen LogP contribution in [0.3, 0.4) is 0 Å². The first-order chi connectivity index (χ1) is 8.36. The monoisotopic (exact) mass is 226 g/mol. The maximum absolute atomic E-state index is 9.01. The van der Waals surface area contributed by atoms with Gasteiger partial charge < -0.3 is 9.52 Å². The quantitative estimate of drug-likeness (QED) is 0.728. The van der Waals surface area contributed by atoms with Crippen molar-refractivity contribution in [2.45, 2.75) is 6.61 Å². The summed E-state index contributed by atoms with van der Waals surface area (Å²) in [7, 11) is 0. The van der Waals surface area contributed by atoms with E-state index < -0.39 is 0 Å². The highest BCUT2D eigenvalue weighted by Gasteiger charge is 2.05. The third-order valence-corrected chi connectivity index (χ3v) is 2.64. The second kappa shape index (κ2) is 3.99. The molecule has 0 saturated carbocycles. The highest BCUT2D eigenvalue weighted by molar-refractivity contribution is 5.83. The van der Waals surface area contributed by atoms with Crippen LogP contribution in [0.4, 0.5) is 0 Å². The van der Waals surface area contributed by atoms with Crippen molar-refractivity contribution in [2.75, 3.05) is 0 Å². The smallest absolute Gasteiger partial charge is 0.134 e. The van der Waals surface area contributed by atoms with E-state index in [9.17, 15) is 0 Å². The van der Waals surface area contributed by atoms with Gasteiger partial charge >= 0.3 is 0 Å². The maximum atomic E-state index is 9.01. The van der Waals surface area contributed by atoms with Crippen molar-refractivity contribution in [1.29, 1.82) is 0 Å². The van der Waals surface area contributed by atoms with Gasteiger partial charge in [-0.05, 0) is 29.8 Å². The summed E-state index contributed by atoms with van der Waals surface area (Å²) in [4.78, 5) is 0. The topological polar surface area (TPSA) is 59.2 Å². The Kier molecular flexibility index (Phi) is 2.34. The van der Waals surface area contributed by atoms with Gasteiger partial charge in [0.15, 0.2) is 0 Å². The van der Waals surface area contributed by atoms with Crippen LogP contribution in [-0.2, 0) is 6.61 Å². The number of fused-ring (bicyclic) bond motifs is 1. The molecular weight excluding hydrogens is 216 g/mol. The molecule has 0 aliphatic heterocycles. The van der Waals surface area contributed by atoms with Gasteiger partial charge in [0.05, 0.1) is 12.4 Å². The largest absolute Gasteiger partial charge is 0.459 e. The van der Waals surface area contributed by atoms with Crippen molar-refractivity contribution in [2.24, 2.45) is 0 Å². The zero-order valence-corrected chi connectivity index (χ0v) is 9.00. The average Bonchev–Trinajstić information content (AvgIpc) is 2.81. The summed E-state index contributed by atoms with van der Waals surface area (Å²) in [5, 5.41) is 17.6. The van der Waals surface area contributed by atoms with Crippen molar-refractivity contribution in [3.05, 3.63) is 48.5 Å². The summed E-state index contributed by atoms with van der Waals surface area (Å²) in [6.45, 7) is -0.0825. The molecule has 0 amide bonds. The first-order valence-corrected chi connectivity index (χ1v) is 5.27. The summed E-state index contributed by atoms with van der Waals surface area (Å²) in [6, 6.07) is 9.61. The Labute approximate surface area is 97.5 Å². The van der Waals surface area contributed by atoms with E-state index in [1.54, 1.807) is 12.4 Å². The normalized spacial score (nSPS) is 10.9. The SMILES string of the molecule is OCc1cc2cc(-c3ccnnc3)ccc2o1. The Balaban J connectivity index is 2.13. The molecule has 0 atom stereocenters. The fourth-order valence-electron chi connectivity index (χ4n) is 1.82. The molecule has 0 spiro atoms. The Morgan fingerprint density at radius 3 is 2.76 bits per heavy atom. The molecule has 0 saturated heterocycles. The second-order valence-corrected chi connectivity index (χ2v) is 3.75. The second-order valence-electron chi connectivity index (χ2n) is 3.75. The van der Waals surface area contributed by atoms with Gasteiger partial charge in [0.2, 0.25) is 0 Å². The van der Waals surface area contributed by atoms with E-state index in [0.717, 1.165) is 22.1 Å². The zero-order valence-electron chi connectivity index (χ0n) is 9.00. The molecule has 17 heavy (non-hydrogen) atoms. The van der Waals surface area contributed by atoms with Gasteiger partial charge in [0.1, 0.15) is 18.0 Å².